The fraction of sp³-hybridized carbons (Fsp3) is 0. The molecule has 1 aromatic carbocycles. The van der Waals surface area contributed by atoms with Gasteiger partial charge in [-0.1, -0.05) is 6.07 Å². The number of hydrogen-bond acceptors (Lipinski definition) is 3. The summed E-state index contributed by atoms with van der Waals surface area (Å²) in [5, 5.41) is 2.62. The zero-order valence-corrected chi connectivity index (χ0v) is 6.25. The van der Waals surface area contributed by atoms with Crippen LogP contribution in [0.2, 0.25) is 0 Å². The summed E-state index contributed by atoms with van der Waals surface area (Å²) in [4.78, 5) is 10.1. The fourth-order valence-electron chi connectivity index (χ4n) is 0.649. The Morgan fingerprint density at radius 1 is 1.45 bits per heavy atom. The molecule has 1 aromatic rings. The van der Waals surface area contributed by atoms with Crippen molar-refractivity contribution in [3.05, 3.63) is 29.2 Å². The molecule has 5 heteroatoms. The molecule has 1 unspecified atom stereocenters. The van der Waals surface area contributed by atoms with Crippen LogP contribution in [0.1, 0.15) is 0 Å². The second-order valence-electron chi connectivity index (χ2n) is 1.84. The Morgan fingerprint density at radius 2 is 2.18 bits per heavy atom. The average Bonchev–Trinajstić information content (AvgIpc) is 2.05. The van der Waals surface area contributed by atoms with E-state index in [1.807, 2.05) is 0 Å². The van der Waals surface area contributed by atoms with Crippen LogP contribution in [-0.4, -0.2) is 8.76 Å². The molecule has 0 aliphatic rings. The van der Waals surface area contributed by atoms with Gasteiger partial charge in [0.1, 0.15) is 5.69 Å². The number of nitroso groups, excluding NO2 is 1. The molecule has 0 aliphatic carbocycles. The van der Waals surface area contributed by atoms with Crippen molar-refractivity contribution in [1.29, 1.82) is 0 Å². The Morgan fingerprint density at radius 3 is 2.73 bits per heavy atom. The molecule has 0 aromatic heterocycles. The molecule has 4 nitrogen and oxygen atoms in total. The molecular weight excluding hydrogens is 166 g/mol. The monoisotopic (exact) mass is 171 g/mol. The van der Waals surface area contributed by atoms with Crippen molar-refractivity contribution < 1.29 is 8.76 Å². The van der Waals surface area contributed by atoms with Crippen molar-refractivity contribution in [2.45, 2.75) is 4.90 Å². The van der Waals surface area contributed by atoms with E-state index in [9.17, 15) is 9.12 Å². The zero-order chi connectivity index (χ0) is 8.27. The van der Waals surface area contributed by atoms with Crippen LogP contribution in [0.15, 0.2) is 34.3 Å². The molecule has 0 radical (unpaired) electrons. The van der Waals surface area contributed by atoms with Crippen LogP contribution < -0.4 is 0 Å². The fourth-order valence-corrected chi connectivity index (χ4v) is 1.07. The SMILES string of the molecule is O=Nc1cccc(S(=O)O)c1. The summed E-state index contributed by atoms with van der Waals surface area (Å²) in [6.07, 6.45) is 0. The van der Waals surface area contributed by atoms with E-state index in [2.05, 4.69) is 5.18 Å². The van der Waals surface area contributed by atoms with Gasteiger partial charge in [-0.05, 0) is 23.4 Å². The first-order valence-electron chi connectivity index (χ1n) is 2.78. The van der Waals surface area contributed by atoms with Gasteiger partial charge in [0.15, 0.2) is 11.1 Å². The predicted molar refractivity (Wildman–Crippen MR) is 40.9 cm³/mol. The maximum atomic E-state index is 10.4. The van der Waals surface area contributed by atoms with E-state index in [4.69, 9.17) is 4.55 Å². The summed E-state index contributed by atoms with van der Waals surface area (Å²) in [7, 11) is 0. The molecule has 0 amide bonds. The van der Waals surface area contributed by atoms with Crippen LogP contribution >= 0.6 is 0 Å². The number of nitrogens with zero attached hydrogens (tertiary/aromatic N) is 1. The largest absolute Gasteiger partial charge is 0.302 e. The third-order valence-electron chi connectivity index (χ3n) is 1.12. The van der Waals surface area contributed by atoms with Crippen LogP contribution in [0, 0.1) is 4.91 Å². The molecule has 0 heterocycles. The van der Waals surface area contributed by atoms with Crippen LogP contribution in [0.3, 0.4) is 0 Å². The van der Waals surface area contributed by atoms with Crippen LogP contribution in [0.5, 0.6) is 0 Å². The first kappa shape index (κ1) is 8.03. The van der Waals surface area contributed by atoms with Gasteiger partial charge in [0.05, 0.1) is 4.90 Å². The molecule has 0 spiro atoms. The highest BCUT2D eigenvalue weighted by atomic mass is 32.2. The zero-order valence-electron chi connectivity index (χ0n) is 5.43. The Balaban J connectivity index is 3.10. The quantitative estimate of drug-likeness (QED) is 0.543. The van der Waals surface area contributed by atoms with Gasteiger partial charge in [-0.15, -0.1) is 4.91 Å². The van der Waals surface area contributed by atoms with Crippen LogP contribution in [0.4, 0.5) is 5.69 Å². The Hall–Kier alpha value is -1.07. The molecule has 0 bridgehead atoms. The summed E-state index contributed by atoms with van der Waals surface area (Å²) in [5.74, 6) is 0. The predicted octanol–water partition coefficient (Wildman–Crippen LogP) is 1.67. The van der Waals surface area contributed by atoms with Crippen molar-refractivity contribution in [2.24, 2.45) is 5.18 Å². The lowest BCUT2D eigenvalue weighted by Crippen LogP contribution is -1.85. The summed E-state index contributed by atoms with van der Waals surface area (Å²) >= 11 is -2.04. The van der Waals surface area contributed by atoms with Gasteiger partial charge >= 0.3 is 0 Å². The molecule has 1 rings (SSSR count). The highest BCUT2D eigenvalue weighted by Gasteiger charge is 1.99. The maximum absolute atomic E-state index is 10.4. The summed E-state index contributed by atoms with van der Waals surface area (Å²) in [5.41, 5.74) is 0.157. The van der Waals surface area contributed by atoms with Gasteiger partial charge in [0.2, 0.25) is 0 Å². The van der Waals surface area contributed by atoms with Gasteiger partial charge in [-0.3, -0.25) is 0 Å². The van der Waals surface area contributed by atoms with Gasteiger partial charge in [0, 0.05) is 0 Å². The van der Waals surface area contributed by atoms with Crippen molar-refractivity contribution in [3.63, 3.8) is 0 Å². The molecule has 58 valence electrons. The normalized spacial score (nSPS) is 12.5. The maximum Gasteiger partial charge on any atom is 0.186 e. The van der Waals surface area contributed by atoms with Crippen molar-refractivity contribution >= 4 is 16.8 Å². The van der Waals surface area contributed by atoms with E-state index < -0.39 is 11.1 Å². The third kappa shape index (κ3) is 1.92. The lowest BCUT2D eigenvalue weighted by molar-refractivity contribution is 0.564. The minimum absolute atomic E-state index is 0.157. The van der Waals surface area contributed by atoms with Gasteiger partial charge in [-0.25, -0.2) is 4.21 Å². The van der Waals surface area contributed by atoms with E-state index in [0.717, 1.165) is 0 Å². The Labute approximate surface area is 65.5 Å². The van der Waals surface area contributed by atoms with Crippen LogP contribution in [-0.2, 0) is 11.1 Å². The van der Waals surface area contributed by atoms with Gasteiger partial charge in [-0.2, -0.15) is 0 Å². The number of rotatable bonds is 2. The highest BCUT2D eigenvalue weighted by Crippen LogP contribution is 2.14. The second-order valence-corrected chi connectivity index (χ2v) is 2.81. The first-order chi connectivity index (χ1) is 5.24. The number of benzene rings is 1. The Kier molecular flexibility index (Phi) is 2.45. The molecule has 0 saturated heterocycles. The minimum Gasteiger partial charge on any atom is -0.302 e. The third-order valence-corrected chi connectivity index (χ3v) is 1.78. The van der Waals surface area contributed by atoms with E-state index in [0.29, 0.717) is 0 Å². The molecular formula is C6H5NO3S. The summed E-state index contributed by atoms with van der Waals surface area (Å²) in [6.45, 7) is 0. The molecule has 0 fully saturated rings. The molecule has 0 saturated carbocycles. The van der Waals surface area contributed by atoms with E-state index in [1.54, 1.807) is 0 Å². The highest BCUT2D eigenvalue weighted by molar-refractivity contribution is 7.79. The second kappa shape index (κ2) is 3.36. The van der Waals surface area contributed by atoms with Crippen molar-refractivity contribution in [3.8, 4) is 0 Å². The summed E-state index contributed by atoms with van der Waals surface area (Å²) < 4.78 is 19.0. The van der Waals surface area contributed by atoms with E-state index in [-0.39, 0.29) is 10.6 Å². The van der Waals surface area contributed by atoms with Gasteiger partial charge < -0.3 is 4.55 Å². The van der Waals surface area contributed by atoms with Crippen molar-refractivity contribution in [1.82, 2.24) is 0 Å². The first-order valence-corrected chi connectivity index (χ1v) is 3.89. The standard InChI is InChI=1S/C6H5NO3S/c8-7-5-2-1-3-6(4-5)11(9)10/h1-4H,(H,9,10). The molecule has 1 N–H and O–H groups in total. The minimum atomic E-state index is -2.04. The molecule has 0 aliphatic heterocycles. The molecule has 11 heavy (non-hydrogen) atoms. The average molecular weight is 171 g/mol. The molecule has 1 atom stereocenters. The van der Waals surface area contributed by atoms with Crippen LogP contribution in [0.25, 0.3) is 0 Å². The van der Waals surface area contributed by atoms with Crippen molar-refractivity contribution in [2.75, 3.05) is 0 Å². The number of hydrogen-bond donors (Lipinski definition) is 1. The lowest BCUT2D eigenvalue weighted by Gasteiger charge is -1.92. The smallest absolute Gasteiger partial charge is 0.186 e. The lowest BCUT2D eigenvalue weighted by atomic mass is 10.3. The van der Waals surface area contributed by atoms with E-state index >= 15 is 0 Å². The Bertz CT molecular complexity index is 300. The topological polar surface area (TPSA) is 66.7 Å². The van der Waals surface area contributed by atoms with Gasteiger partial charge in [0.25, 0.3) is 0 Å². The summed E-state index contributed by atoms with van der Waals surface area (Å²) in [6, 6.07) is 5.68. The van der Waals surface area contributed by atoms with E-state index in [1.165, 1.54) is 24.3 Å².